The summed E-state index contributed by atoms with van der Waals surface area (Å²) in [6.07, 6.45) is 5.27. The molecule has 0 aliphatic carbocycles. The van der Waals surface area contributed by atoms with E-state index in [0.29, 0.717) is 0 Å². The Morgan fingerprint density at radius 2 is 1.83 bits per heavy atom. The molecule has 3 rings (SSSR count). The van der Waals surface area contributed by atoms with E-state index in [2.05, 4.69) is 54.0 Å². The van der Waals surface area contributed by atoms with Crippen LogP contribution in [-0.2, 0) is 5.41 Å². The molecule has 0 amide bonds. The van der Waals surface area contributed by atoms with Crippen LogP contribution < -0.4 is 4.90 Å². The van der Waals surface area contributed by atoms with E-state index in [4.69, 9.17) is 0 Å². The smallest absolute Gasteiger partial charge is 0.115 e. The van der Waals surface area contributed by atoms with Crippen molar-refractivity contribution in [2.75, 3.05) is 18.5 Å². The van der Waals surface area contributed by atoms with E-state index in [1.54, 1.807) is 6.33 Å². The van der Waals surface area contributed by atoms with Crippen LogP contribution in [0.3, 0.4) is 0 Å². The number of aromatic nitrogens is 2. The van der Waals surface area contributed by atoms with Crippen LogP contribution >= 0.6 is 0 Å². The lowest BCUT2D eigenvalue weighted by atomic mass is 9.86. The summed E-state index contributed by atoms with van der Waals surface area (Å²) in [6.45, 7) is 5.65. The minimum Gasteiger partial charge on any atom is -0.373 e. The maximum atomic E-state index is 4.08. The van der Waals surface area contributed by atoms with Gasteiger partial charge in [0, 0.05) is 42.7 Å². The first-order valence-electron chi connectivity index (χ1n) is 6.19. The van der Waals surface area contributed by atoms with Crippen molar-refractivity contribution in [3.63, 3.8) is 0 Å². The molecule has 3 nitrogen and oxygen atoms in total. The predicted octanol–water partition coefficient (Wildman–Crippen LogP) is 2.87. The Balaban J connectivity index is 2.11. The average Bonchev–Trinajstić information content (AvgIpc) is 2.61. The maximum absolute atomic E-state index is 4.08. The minimum atomic E-state index is 0.232. The van der Waals surface area contributed by atoms with Crippen molar-refractivity contribution >= 4 is 5.69 Å². The molecule has 0 spiro atoms. The molecule has 1 aromatic heterocycles. The highest BCUT2D eigenvalue weighted by atomic mass is 15.1. The molecule has 3 heteroatoms. The van der Waals surface area contributed by atoms with Crippen LogP contribution in [-0.4, -0.2) is 23.6 Å². The Morgan fingerprint density at radius 3 is 2.56 bits per heavy atom. The summed E-state index contributed by atoms with van der Waals surface area (Å²) >= 11 is 0. The third-order valence-corrected chi connectivity index (χ3v) is 3.66. The SMILES string of the molecule is CN1CC(C)(C)c2ccc(-c3cncnc3)cc21. The third kappa shape index (κ3) is 1.67. The normalized spacial score (nSPS) is 16.7. The largest absolute Gasteiger partial charge is 0.373 e. The van der Waals surface area contributed by atoms with Gasteiger partial charge in [-0.3, -0.25) is 0 Å². The van der Waals surface area contributed by atoms with Gasteiger partial charge in [-0.05, 0) is 17.2 Å². The summed E-state index contributed by atoms with van der Waals surface area (Å²) in [5, 5.41) is 0. The summed E-state index contributed by atoms with van der Waals surface area (Å²) < 4.78 is 0. The molecule has 0 saturated heterocycles. The first-order valence-corrected chi connectivity index (χ1v) is 6.19. The molecule has 1 aliphatic rings. The number of nitrogens with zero attached hydrogens (tertiary/aromatic N) is 3. The second-order valence-corrected chi connectivity index (χ2v) is 5.60. The maximum Gasteiger partial charge on any atom is 0.115 e. The summed E-state index contributed by atoms with van der Waals surface area (Å²) in [5.41, 5.74) is 5.22. The van der Waals surface area contributed by atoms with Gasteiger partial charge in [0.15, 0.2) is 0 Å². The van der Waals surface area contributed by atoms with Crippen LogP contribution in [0.15, 0.2) is 36.9 Å². The monoisotopic (exact) mass is 239 g/mol. The Labute approximate surface area is 108 Å². The molecule has 1 aromatic carbocycles. The summed E-state index contributed by atoms with van der Waals surface area (Å²) in [5.74, 6) is 0. The molecule has 0 atom stereocenters. The molecular formula is C15H17N3. The van der Waals surface area contributed by atoms with Crippen molar-refractivity contribution in [2.24, 2.45) is 0 Å². The molecule has 0 N–H and O–H groups in total. The van der Waals surface area contributed by atoms with Gasteiger partial charge in [0.25, 0.3) is 0 Å². The Bertz CT molecular complexity index is 576. The van der Waals surface area contributed by atoms with E-state index in [9.17, 15) is 0 Å². The predicted molar refractivity (Wildman–Crippen MR) is 73.8 cm³/mol. The summed E-state index contributed by atoms with van der Waals surface area (Å²) in [6, 6.07) is 6.64. The van der Waals surface area contributed by atoms with E-state index in [1.165, 1.54) is 16.8 Å². The highest BCUT2D eigenvalue weighted by Gasteiger charge is 2.33. The van der Waals surface area contributed by atoms with Crippen molar-refractivity contribution in [1.29, 1.82) is 0 Å². The van der Waals surface area contributed by atoms with Gasteiger partial charge in [-0.15, -0.1) is 0 Å². The molecule has 1 aliphatic heterocycles. The fourth-order valence-electron chi connectivity index (χ4n) is 2.81. The van der Waals surface area contributed by atoms with Crippen molar-refractivity contribution in [3.8, 4) is 11.1 Å². The van der Waals surface area contributed by atoms with Crippen molar-refractivity contribution in [2.45, 2.75) is 19.3 Å². The minimum absolute atomic E-state index is 0.232. The molecule has 92 valence electrons. The number of hydrogen-bond acceptors (Lipinski definition) is 3. The molecule has 2 heterocycles. The fraction of sp³-hybridized carbons (Fsp3) is 0.333. The molecule has 0 bridgehead atoms. The molecule has 0 radical (unpaired) electrons. The first-order chi connectivity index (χ1) is 8.58. The van der Waals surface area contributed by atoms with Gasteiger partial charge in [-0.25, -0.2) is 9.97 Å². The molecule has 2 aromatic rings. The average molecular weight is 239 g/mol. The zero-order valence-corrected chi connectivity index (χ0v) is 11.0. The van der Waals surface area contributed by atoms with Crippen LogP contribution in [0.4, 0.5) is 5.69 Å². The van der Waals surface area contributed by atoms with Crippen molar-refractivity contribution in [3.05, 3.63) is 42.5 Å². The topological polar surface area (TPSA) is 29.0 Å². The van der Waals surface area contributed by atoms with Gasteiger partial charge < -0.3 is 4.90 Å². The molecule has 0 unspecified atom stereocenters. The highest BCUT2D eigenvalue weighted by Crippen LogP contribution is 2.41. The molecule has 18 heavy (non-hydrogen) atoms. The number of anilines is 1. The number of benzene rings is 1. The van der Waals surface area contributed by atoms with Gasteiger partial charge in [0.1, 0.15) is 6.33 Å². The fourth-order valence-corrected chi connectivity index (χ4v) is 2.81. The third-order valence-electron chi connectivity index (χ3n) is 3.66. The van der Waals surface area contributed by atoms with E-state index < -0.39 is 0 Å². The van der Waals surface area contributed by atoms with Gasteiger partial charge in [0.05, 0.1) is 0 Å². The van der Waals surface area contributed by atoms with E-state index in [-0.39, 0.29) is 5.41 Å². The number of fused-ring (bicyclic) bond motifs is 1. The van der Waals surface area contributed by atoms with Crippen molar-refractivity contribution < 1.29 is 0 Å². The zero-order valence-electron chi connectivity index (χ0n) is 11.0. The van der Waals surface area contributed by atoms with E-state index >= 15 is 0 Å². The number of hydrogen-bond donors (Lipinski definition) is 0. The van der Waals surface area contributed by atoms with Crippen LogP contribution in [0, 0.1) is 0 Å². The Morgan fingerprint density at radius 1 is 1.11 bits per heavy atom. The van der Waals surface area contributed by atoms with Crippen molar-refractivity contribution in [1.82, 2.24) is 9.97 Å². The molecule has 0 saturated carbocycles. The number of likely N-dealkylation sites (N-methyl/N-ethyl adjacent to an activating group) is 1. The van der Waals surface area contributed by atoms with E-state index in [1.807, 2.05) is 12.4 Å². The van der Waals surface area contributed by atoms with Gasteiger partial charge >= 0.3 is 0 Å². The van der Waals surface area contributed by atoms with Crippen LogP contribution in [0.5, 0.6) is 0 Å². The highest BCUT2D eigenvalue weighted by molar-refractivity contribution is 5.72. The van der Waals surface area contributed by atoms with Gasteiger partial charge in [-0.2, -0.15) is 0 Å². The van der Waals surface area contributed by atoms with Crippen LogP contribution in [0.1, 0.15) is 19.4 Å². The zero-order chi connectivity index (χ0) is 12.8. The second kappa shape index (κ2) is 3.80. The molecular weight excluding hydrogens is 222 g/mol. The lowest BCUT2D eigenvalue weighted by Crippen LogP contribution is -2.24. The van der Waals surface area contributed by atoms with Crippen LogP contribution in [0.2, 0.25) is 0 Å². The van der Waals surface area contributed by atoms with Gasteiger partial charge in [-0.1, -0.05) is 26.0 Å². The Hall–Kier alpha value is -1.90. The van der Waals surface area contributed by atoms with Gasteiger partial charge in [0.2, 0.25) is 0 Å². The summed E-state index contributed by atoms with van der Waals surface area (Å²) in [7, 11) is 2.15. The first kappa shape index (κ1) is 11.2. The van der Waals surface area contributed by atoms with Crippen LogP contribution in [0.25, 0.3) is 11.1 Å². The quantitative estimate of drug-likeness (QED) is 0.766. The second-order valence-electron chi connectivity index (χ2n) is 5.60. The lowest BCUT2D eigenvalue weighted by Gasteiger charge is -2.18. The van der Waals surface area contributed by atoms with E-state index in [0.717, 1.165) is 12.1 Å². The lowest BCUT2D eigenvalue weighted by molar-refractivity contribution is 0.563. The standard InChI is InChI=1S/C15H17N3/c1-15(2)9-18(3)14-6-11(4-5-13(14)15)12-7-16-10-17-8-12/h4-8,10H,9H2,1-3H3. The summed E-state index contributed by atoms with van der Waals surface area (Å²) in [4.78, 5) is 10.5. The number of rotatable bonds is 1. The molecule has 0 fully saturated rings. The Kier molecular flexibility index (Phi) is 2.37.